The van der Waals surface area contributed by atoms with Crippen LogP contribution in [0.5, 0.6) is 0 Å². The number of rotatable bonds is 6. The molecular weight excluding hydrogens is 265 g/mol. The minimum absolute atomic E-state index is 0.0879. The van der Waals surface area contributed by atoms with Gasteiger partial charge in [0.05, 0.1) is 5.69 Å². The number of hydrogen-bond acceptors (Lipinski definition) is 2. The van der Waals surface area contributed by atoms with Crippen molar-refractivity contribution in [2.24, 2.45) is 5.92 Å². The number of ketones is 1. The third-order valence-corrected chi connectivity index (χ3v) is 4.38. The molecule has 0 aliphatic heterocycles. The van der Waals surface area contributed by atoms with E-state index in [1.165, 1.54) is 25.8 Å². The summed E-state index contributed by atoms with van der Waals surface area (Å²) in [7, 11) is 0. The summed E-state index contributed by atoms with van der Waals surface area (Å²) >= 11 is 0. The first-order valence-electron chi connectivity index (χ1n) is 8.06. The lowest BCUT2D eigenvalue weighted by atomic mass is 10.1. The molecule has 0 saturated heterocycles. The average Bonchev–Trinajstić information content (AvgIpc) is 2.94. The van der Waals surface area contributed by atoms with Crippen molar-refractivity contribution in [1.29, 1.82) is 0 Å². The molecule has 0 unspecified atom stereocenters. The van der Waals surface area contributed by atoms with Crippen molar-refractivity contribution < 1.29 is 9.18 Å². The molecule has 1 aliphatic rings. The Balaban J connectivity index is 2.24. The van der Waals surface area contributed by atoms with Gasteiger partial charge in [-0.1, -0.05) is 26.7 Å². The Bertz CT molecular complexity index is 492. The van der Waals surface area contributed by atoms with Gasteiger partial charge in [0.1, 0.15) is 5.82 Å². The van der Waals surface area contributed by atoms with Crippen LogP contribution in [0.2, 0.25) is 0 Å². The zero-order valence-electron chi connectivity index (χ0n) is 13.4. The van der Waals surface area contributed by atoms with Gasteiger partial charge in [-0.05, 0) is 50.3 Å². The Morgan fingerprint density at radius 1 is 1.33 bits per heavy atom. The quantitative estimate of drug-likeness (QED) is 0.700. The fourth-order valence-corrected chi connectivity index (χ4v) is 3.07. The molecule has 0 amide bonds. The van der Waals surface area contributed by atoms with Crippen molar-refractivity contribution in [1.82, 2.24) is 0 Å². The van der Waals surface area contributed by atoms with Gasteiger partial charge in [0.2, 0.25) is 0 Å². The van der Waals surface area contributed by atoms with Crippen molar-refractivity contribution in [2.75, 3.05) is 11.4 Å². The lowest BCUT2D eigenvalue weighted by Gasteiger charge is -2.32. The van der Waals surface area contributed by atoms with Gasteiger partial charge < -0.3 is 4.90 Å². The number of nitrogens with zero attached hydrogens (tertiary/aromatic N) is 1. The zero-order chi connectivity index (χ0) is 15.4. The normalized spacial score (nSPS) is 15.7. The SMILES string of the molecule is CC(=O)c1ccc(N(CCC(C)C)C2CCCC2)c(F)c1. The molecule has 2 rings (SSSR count). The smallest absolute Gasteiger partial charge is 0.159 e. The molecule has 0 spiro atoms. The van der Waals surface area contributed by atoms with Gasteiger partial charge in [-0.3, -0.25) is 4.79 Å². The molecule has 116 valence electrons. The molecule has 1 fully saturated rings. The lowest BCUT2D eigenvalue weighted by Crippen LogP contribution is -2.35. The number of benzene rings is 1. The van der Waals surface area contributed by atoms with Crippen molar-refractivity contribution in [2.45, 2.75) is 58.9 Å². The molecular formula is C18H26FNO. The van der Waals surface area contributed by atoms with Crippen molar-refractivity contribution in [3.8, 4) is 0 Å². The maximum atomic E-state index is 14.4. The van der Waals surface area contributed by atoms with Crippen LogP contribution in [0.15, 0.2) is 18.2 Å². The number of Topliss-reactive ketones (excluding diaryl/α,β-unsaturated/α-hetero) is 1. The van der Waals surface area contributed by atoms with Gasteiger partial charge in [0, 0.05) is 18.2 Å². The number of carbonyl (C=O) groups excluding carboxylic acids is 1. The van der Waals surface area contributed by atoms with Crippen LogP contribution in [0.25, 0.3) is 0 Å². The summed E-state index contributed by atoms with van der Waals surface area (Å²) in [5, 5.41) is 0. The molecule has 1 aromatic rings. The summed E-state index contributed by atoms with van der Waals surface area (Å²) in [5.74, 6) is 0.252. The second-order valence-electron chi connectivity index (χ2n) is 6.54. The van der Waals surface area contributed by atoms with Crippen LogP contribution in [0.4, 0.5) is 10.1 Å². The minimum atomic E-state index is -0.265. The van der Waals surface area contributed by atoms with Crippen LogP contribution < -0.4 is 4.90 Å². The number of carbonyl (C=O) groups is 1. The summed E-state index contributed by atoms with van der Waals surface area (Å²) in [4.78, 5) is 13.6. The molecule has 2 nitrogen and oxygen atoms in total. The highest BCUT2D eigenvalue weighted by Crippen LogP contribution is 2.31. The molecule has 0 atom stereocenters. The summed E-state index contributed by atoms with van der Waals surface area (Å²) in [6, 6.07) is 5.36. The van der Waals surface area contributed by atoms with E-state index in [4.69, 9.17) is 0 Å². The maximum Gasteiger partial charge on any atom is 0.159 e. The third-order valence-electron chi connectivity index (χ3n) is 4.38. The fraction of sp³-hybridized carbons (Fsp3) is 0.611. The van der Waals surface area contributed by atoms with E-state index in [1.54, 1.807) is 12.1 Å². The van der Waals surface area contributed by atoms with E-state index in [0.717, 1.165) is 25.8 Å². The Morgan fingerprint density at radius 2 is 2.00 bits per heavy atom. The summed E-state index contributed by atoms with van der Waals surface area (Å²) in [6.07, 6.45) is 5.81. The standard InChI is InChI=1S/C18H26FNO/c1-13(2)10-11-20(16-6-4-5-7-16)18-9-8-15(14(3)21)12-17(18)19/h8-9,12-13,16H,4-7,10-11H2,1-3H3. The highest BCUT2D eigenvalue weighted by Gasteiger charge is 2.25. The molecule has 3 heteroatoms. The second kappa shape index (κ2) is 7.06. The molecule has 1 saturated carbocycles. The number of hydrogen-bond donors (Lipinski definition) is 0. The van der Waals surface area contributed by atoms with Gasteiger partial charge in [-0.2, -0.15) is 0 Å². The summed E-state index contributed by atoms with van der Waals surface area (Å²) < 4.78 is 14.4. The second-order valence-corrected chi connectivity index (χ2v) is 6.54. The van der Waals surface area contributed by atoms with Crippen LogP contribution in [-0.2, 0) is 0 Å². The predicted molar refractivity (Wildman–Crippen MR) is 85.5 cm³/mol. The van der Waals surface area contributed by atoms with Crippen molar-refractivity contribution >= 4 is 11.5 Å². The van der Waals surface area contributed by atoms with Gasteiger partial charge in [-0.15, -0.1) is 0 Å². The van der Waals surface area contributed by atoms with Crippen LogP contribution in [0.3, 0.4) is 0 Å². The minimum Gasteiger partial charge on any atom is -0.366 e. The van der Waals surface area contributed by atoms with E-state index < -0.39 is 0 Å². The summed E-state index contributed by atoms with van der Waals surface area (Å²) in [6.45, 7) is 6.75. The number of anilines is 1. The van der Waals surface area contributed by atoms with E-state index in [0.29, 0.717) is 23.2 Å². The predicted octanol–water partition coefficient (Wildman–Crippen LogP) is 4.82. The Kier molecular flexibility index (Phi) is 5.38. The van der Waals surface area contributed by atoms with Crippen LogP contribution in [0.1, 0.15) is 63.2 Å². The van der Waals surface area contributed by atoms with E-state index >= 15 is 0 Å². The van der Waals surface area contributed by atoms with Gasteiger partial charge in [-0.25, -0.2) is 4.39 Å². The zero-order valence-corrected chi connectivity index (χ0v) is 13.4. The van der Waals surface area contributed by atoms with Crippen molar-refractivity contribution in [3.63, 3.8) is 0 Å². The molecule has 1 aromatic carbocycles. The molecule has 0 radical (unpaired) electrons. The lowest BCUT2D eigenvalue weighted by molar-refractivity contribution is 0.101. The molecule has 0 aromatic heterocycles. The monoisotopic (exact) mass is 291 g/mol. The number of halogens is 1. The van der Waals surface area contributed by atoms with Gasteiger partial charge in [0.15, 0.2) is 5.78 Å². The largest absolute Gasteiger partial charge is 0.366 e. The summed E-state index contributed by atoms with van der Waals surface area (Å²) in [5.41, 5.74) is 1.11. The Morgan fingerprint density at radius 3 is 2.52 bits per heavy atom. The van der Waals surface area contributed by atoms with Crippen molar-refractivity contribution in [3.05, 3.63) is 29.6 Å². The molecule has 0 N–H and O–H groups in total. The molecule has 1 aliphatic carbocycles. The Labute approximate surface area is 127 Å². The highest BCUT2D eigenvalue weighted by molar-refractivity contribution is 5.94. The first-order valence-corrected chi connectivity index (χ1v) is 8.06. The highest BCUT2D eigenvalue weighted by atomic mass is 19.1. The van der Waals surface area contributed by atoms with Gasteiger partial charge in [0.25, 0.3) is 0 Å². The van der Waals surface area contributed by atoms with Crippen LogP contribution in [0, 0.1) is 11.7 Å². The van der Waals surface area contributed by atoms with E-state index in [9.17, 15) is 9.18 Å². The van der Waals surface area contributed by atoms with E-state index in [1.807, 2.05) is 0 Å². The van der Waals surface area contributed by atoms with E-state index in [-0.39, 0.29) is 11.6 Å². The van der Waals surface area contributed by atoms with E-state index in [2.05, 4.69) is 18.7 Å². The van der Waals surface area contributed by atoms with Gasteiger partial charge >= 0.3 is 0 Å². The first kappa shape index (κ1) is 16.0. The first-order chi connectivity index (χ1) is 9.99. The maximum absolute atomic E-state index is 14.4. The molecule has 0 heterocycles. The average molecular weight is 291 g/mol. The third kappa shape index (κ3) is 4.05. The molecule has 21 heavy (non-hydrogen) atoms. The molecule has 0 bridgehead atoms. The Hall–Kier alpha value is -1.38. The topological polar surface area (TPSA) is 20.3 Å². The van der Waals surface area contributed by atoms with Crippen LogP contribution in [-0.4, -0.2) is 18.4 Å². The van der Waals surface area contributed by atoms with Crippen LogP contribution >= 0.6 is 0 Å². The fourth-order valence-electron chi connectivity index (χ4n) is 3.07.